The first kappa shape index (κ1) is 14.1. The third kappa shape index (κ3) is 2.64. The monoisotopic (exact) mass is 274 g/mol. The van der Waals surface area contributed by atoms with Gasteiger partial charge >= 0.3 is 0 Å². The Morgan fingerprint density at radius 2 is 1.55 bits per heavy atom. The summed E-state index contributed by atoms with van der Waals surface area (Å²) in [6, 6.07) is 10.0. The van der Waals surface area contributed by atoms with Crippen molar-refractivity contribution in [2.24, 2.45) is 0 Å². The van der Waals surface area contributed by atoms with E-state index >= 15 is 0 Å². The van der Waals surface area contributed by atoms with Gasteiger partial charge in [0.25, 0.3) is 0 Å². The predicted molar refractivity (Wildman–Crippen MR) is 77.5 cm³/mol. The van der Waals surface area contributed by atoms with Crippen molar-refractivity contribution in [2.45, 2.75) is 13.8 Å². The van der Waals surface area contributed by atoms with Crippen LogP contribution in [-0.2, 0) is 0 Å². The van der Waals surface area contributed by atoms with Crippen molar-refractivity contribution in [3.05, 3.63) is 36.4 Å². The minimum absolute atomic E-state index is 0.0402. The zero-order valence-corrected chi connectivity index (χ0v) is 11.6. The van der Waals surface area contributed by atoms with E-state index in [1.807, 2.05) is 13.8 Å². The maximum Gasteiger partial charge on any atom is 0.172 e. The van der Waals surface area contributed by atoms with Crippen LogP contribution in [0.2, 0.25) is 0 Å². The van der Waals surface area contributed by atoms with Crippen LogP contribution in [0.15, 0.2) is 36.4 Å². The minimum Gasteiger partial charge on any atom is -0.507 e. The summed E-state index contributed by atoms with van der Waals surface area (Å²) in [6.07, 6.45) is 0. The number of hydrogen-bond acceptors (Lipinski definition) is 4. The Balaban J connectivity index is 2.66. The minimum atomic E-state index is 0.0402. The van der Waals surface area contributed by atoms with Crippen molar-refractivity contribution >= 4 is 0 Å². The molecule has 0 unspecified atom stereocenters. The Labute approximate surface area is 118 Å². The fraction of sp³-hybridized carbons (Fsp3) is 0.250. The number of rotatable bonds is 5. The number of hydrogen-bond donors (Lipinski definition) is 2. The Bertz CT molecular complexity index is 593. The summed E-state index contributed by atoms with van der Waals surface area (Å²) in [4.78, 5) is 0. The molecule has 0 aliphatic heterocycles. The van der Waals surface area contributed by atoms with Crippen LogP contribution in [0.4, 0.5) is 0 Å². The van der Waals surface area contributed by atoms with E-state index in [1.165, 1.54) is 6.07 Å². The molecule has 0 saturated heterocycles. The molecule has 0 spiro atoms. The highest BCUT2D eigenvalue weighted by molar-refractivity contribution is 5.83. The molecule has 0 atom stereocenters. The first-order valence-corrected chi connectivity index (χ1v) is 6.59. The molecule has 0 amide bonds. The van der Waals surface area contributed by atoms with Gasteiger partial charge in [-0.15, -0.1) is 0 Å². The van der Waals surface area contributed by atoms with Crippen LogP contribution >= 0.6 is 0 Å². The molecule has 0 bridgehead atoms. The first-order valence-electron chi connectivity index (χ1n) is 6.59. The highest BCUT2D eigenvalue weighted by atomic mass is 16.5. The highest BCUT2D eigenvalue weighted by Crippen LogP contribution is 2.46. The van der Waals surface area contributed by atoms with Crippen molar-refractivity contribution < 1.29 is 19.7 Å². The predicted octanol–water partition coefficient (Wildman–Crippen LogP) is 3.56. The molecule has 0 aliphatic carbocycles. The Morgan fingerprint density at radius 3 is 2.20 bits per heavy atom. The lowest BCUT2D eigenvalue weighted by Gasteiger charge is -2.17. The van der Waals surface area contributed by atoms with E-state index in [-0.39, 0.29) is 11.5 Å². The fourth-order valence-electron chi connectivity index (χ4n) is 2.06. The average molecular weight is 274 g/mol. The molecule has 0 aliphatic rings. The molecule has 0 aromatic heterocycles. The summed E-state index contributed by atoms with van der Waals surface area (Å²) < 4.78 is 11.1. The van der Waals surface area contributed by atoms with Gasteiger partial charge in [-0.25, -0.2) is 0 Å². The van der Waals surface area contributed by atoms with Gasteiger partial charge in [-0.3, -0.25) is 0 Å². The maximum atomic E-state index is 10.1. The Hall–Kier alpha value is -2.36. The molecule has 0 fully saturated rings. The smallest absolute Gasteiger partial charge is 0.172 e. The van der Waals surface area contributed by atoms with Gasteiger partial charge in [0.05, 0.1) is 18.8 Å². The fourth-order valence-corrected chi connectivity index (χ4v) is 2.06. The van der Waals surface area contributed by atoms with E-state index in [4.69, 9.17) is 9.47 Å². The van der Waals surface area contributed by atoms with Crippen LogP contribution in [0.3, 0.4) is 0 Å². The zero-order chi connectivity index (χ0) is 14.5. The van der Waals surface area contributed by atoms with Crippen LogP contribution < -0.4 is 9.47 Å². The van der Waals surface area contributed by atoms with Gasteiger partial charge in [0.2, 0.25) is 0 Å². The normalized spacial score (nSPS) is 10.3. The molecule has 106 valence electrons. The van der Waals surface area contributed by atoms with Crippen molar-refractivity contribution in [3.63, 3.8) is 0 Å². The van der Waals surface area contributed by atoms with Gasteiger partial charge < -0.3 is 19.7 Å². The number of benzene rings is 2. The van der Waals surface area contributed by atoms with Gasteiger partial charge in [-0.2, -0.15) is 0 Å². The van der Waals surface area contributed by atoms with Crippen molar-refractivity contribution in [2.75, 3.05) is 13.2 Å². The van der Waals surface area contributed by atoms with E-state index in [2.05, 4.69) is 0 Å². The second kappa shape index (κ2) is 6.19. The summed E-state index contributed by atoms with van der Waals surface area (Å²) >= 11 is 0. The van der Waals surface area contributed by atoms with Crippen molar-refractivity contribution in [1.82, 2.24) is 0 Å². The third-order valence-corrected chi connectivity index (χ3v) is 2.86. The average Bonchev–Trinajstić information content (AvgIpc) is 2.44. The summed E-state index contributed by atoms with van der Waals surface area (Å²) in [7, 11) is 0. The van der Waals surface area contributed by atoms with E-state index in [0.29, 0.717) is 35.8 Å². The molecule has 4 nitrogen and oxygen atoms in total. The number of ether oxygens (including phenoxy) is 2. The summed E-state index contributed by atoms with van der Waals surface area (Å²) in [5, 5.41) is 20.1. The summed E-state index contributed by atoms with van der Waals surface area (Å²) in [5.74, 6) is 1.11. The molecule has 0 saturated carbocycles. The molecular weight excluding hydrogens is 256 g/mol. The van der Waals surface area contributed by atoms with Crippen molar-refractivity contribution in [3.8, 4) is 34.1 Å². The summed E-state index contributed by atoms with van der Waals surface area (Å²) in [6.45, 7) is 4.66. The molecule has 20 heavy (non-hydrogen) atoms. The zero-order valence-electron chi connectivity index (χ0n) is 11.6. The molecule has 4 heteroatoms. The van der Waals surface area contributed by atoms with Gasteiger partial charge in [-0.1, -0.05) is 18.2 Å². The number of phenols is 2. The number of phenolic OH excluding ortho intramolecular Hbond substituents is 2. The van der Waals surface area contributed by atoms with E-state index in [1.54, 1.807) is 30.3 Å². The number of aromatic hydroxyl groups is 2. The Kier molecular flexibility index (Phi) is 4.35. The first-order chi connectivity index (χ1) is 9.69. The van der Waals surface area contributed by atoms with E-state index < -0.39 is 0 Å². The molecule has 2 N–H and O–H groups in total. The van der Waals surface area contributed by atoms with E-state index in [0.717, 1.165) is 0 Å². The maximum absolute atomic E-state index is 10.1. The quantitative estimate of drug-likeness (QED) is 0.875. The number of para-hydroxylation sites is 1. The van der Waals surface area contributed by atoms with Gasteiger partial charge in [0, 0.05) is 5.56 Å². The third-order valence-electron chi connectivity index (χ3n) is 2.86. The second-order valence-electron chi connectivity index (χ2n) is 4.17. The Morgan fingerprint density at radius 1 is 0.850 bits per heavy atom. The van der Waals surface area contributed by atoms with Gasteiger partial charge in [-0.05, 0) is 32.0 Å². The summed E-state index contributed by atoms with van der Waals surface area (Å²) in [5.41, 5.74) is 0.950. The van der Waals surface area contributed by atoms with Crippen LogP contribution in [0, 0.1) is 0 Å². The van der Waals surface area contributed by atoms with Crippen LogP contribution in [0.25, 0.3) is 11.1 Å². The molecule has 0 heterocycles. The van der Waals surface area contributed by atoms with E-state index in [9.17, 15) is 10.2 Å². The van der Waals surface area contributed by atoms with Crippen LogP contribution in [-0.4, -0.2) is 23.4 Å². The topological polar surface area (TPSA) is 58.9 Å². The molecule has 0 radical (unpaired) electrons. The molecule has 2 rings (SSSR count). The lowest BCUT2D eigenvalue weighted by molar-refractivity contribution is 0.287. The largest absolute Gasteiger partial charge is 0.507 e. The molecule has 2 aromatic carbocycles. The second-order valence-corrected chi connectivity index (χ2v) is 4.17. The van der Waals surface area contributed by atoms with Crippen LogP contribution in [0.1, 0.15) is 13.8 Å². The SMILES string of the molecule is CCOc1ccc(O)c(-c2ccccc2O)c1OCC. The lowest BCUT2D eigenvalue weighted by Crippen LogP contribution is -2.00. The van der Waals surface area contributed by atoms with Crippen LogP contribution in [0.5, 0.6) is 23.0 Å². The van der Waals surface area contributed by atoms with Gasteiger partial charge in [0.15, 0.2) is 11.5 Å². The van der Waals surface area contributed by atoms with Crippen molar-refractivity contribution in [1.29, 1.82) is 0 Å². The standard InChI is InChI=1S/C16H18O4/c1-3-19-14-10-9-13(18)15(16(14)20-4-2)11-7-5-6-8-12(11)17/h5-10,17-18H,3-4H2,1-2H3. The molecular formula is C16H18O4. The lowest BCUT2D eigenvalue weighted by atomic mass is 10.0. The highest BCUT2D eigenvalue weighted by Gasteiger charge is 2.19. The molecule has 2 aromatic rings. The van der Waals surface area contributed by atoms with Gasteiger partial charge in [0.1, 0.15) is 11.5 Å².